The Morgan fingerprint density at radius 3 is 3.00 bits per heavy atom. The lowest BCUT2D eigenvalue weighted by atomic mass is 9.94. The van der Waals surface area contributed by atoms with Gasteiger partial charge in [-0.2, -0.15) is 0 Å². The van der Waals surface area contributed by atoms with Gasteiger partial charge in [0.2, 0.25) is 0 Å². The second-order valence-electron chi connectivity index (χ2n) is 4.95. The molecule has 1 fully saturated rings. The van der Waals surface area contributed by atoms with E-state index in [2.05, 4.69) is 19.2 Å². The number of hydrogen-bond donors (Lipinski definition) is 1. The van der Waals surface area contributed by atoms with Gasteiger partial charge in [0.25, 0.3) is 0 Å². The van der Waals surface area contributed by atoms with Crippen LogP contribution in [0.2, 0.25) is 0 Å². The maximum atomic E-state index is 5.87. The highest BCUT2D eigenvalue weighted by Gasteiger charge is 2.32. The van der Waals surface area contributed by atoms with Crippen molar-refractivity contribution in [2.75, 3.05) is 13.2 Å². The Hall–Kier alpha value is -0.800. The summed E-state index contributed by atoms with van der Waals surface area (Å²) in [5.74, 6) is 1.68. The Labute approximate surface area is 104 Å². The van der Waals surface area contributed by atoms with E-state index in [0.717, 1.165) is 31.8 Å². The van der Waals surface area contributed by atoms with Gasteiger partial charge in [0.05, 0.1) is 12.4 Å². The van der Waals surface area contributed by atoms with Crippen LogP contribution >= 0.6 is 0 Å². The third-order valence-corrected chi connectivity index (χ3v) is 3.50. The zero-order valence-electron chi connectivity index (χ0n) is 10.8. The van der Waals surface area contributed by atoms with Crippen molar-refractivity contribution in [2.45, 2.75) is 45.3 Å². The number of nitrogens with one attached hydrogen (secondary N) is 1. The van der Waals surface area contributed by atoms with Gasteiger partial charge in [0, 0.05) is 19.1 Å². The molecule has 3 heteroatoms. The van der Waals surface area contributed by atoms with E-state index in [9.17, 15) is 0 Å². The summed E-state index contributed by atoms with van der Waals surface area (Å²) in [7, 11) is 0. The molecule has 0 saturated carbocycles. The molecule has 3 unspecified atom stereocenters. The van der Waals surface area contributed by atoms with Crippen LogP contribution in [-0.4, -0.2) is 25.3 Å². The van der Waals surface area contributed by atoms with Crippen molar-refractivity contribution in [3.05, 3.63) is 24.2 Å². The van der Waals surface area contributed by atoms with Crippen molar-refractivity contribution < 1.29 is 9.15 Å². The van der Waals surface area contributed by atoms with E-state index in [1.165, 1.54) is 6.42 Å². The molecule has 2 heterocycles. The van der Waals surface area contributed by atoms with E-state index >= 15 is 0 Å². The predicted octanol–water partition coefficient (Wildman–Crippen LogP) is 2.62. The lowest BCUT2D eigenvalue weighted by Gasteiger charge is -2.26. The van der Waals surface area contributed by atoms with Crippen LogP contribution in [0.4, 0.5) is 0 Å². The van der Waals surface area contributed by atoms with Crippen molar-refractivity contribution in [1.29, 1.82) is 0 Å². The van der Waals surface area contributed by atoms with Crippen LogP contribution < -0.4 is 5.32 Å². The third-order valence-electron chi connectivity index (χ3n) is 3.50. The summed E-state index contributed by atoms with van der Waals surface area (Å²) >= 11 is 0. The van der Waals surface area contributed by atoms with Gasteiger partial charge < -0.3 is 14.5 Å². The van der Waals surface area contributed by atoms with Crippen LogP contribution in [0.3, 0.4) is 0 Å². The van der Waals surface area contributed by atoms with Gasteiger partial charge in [-0.3, -0.25) is 0 Å². The molecule has 1 aromatic heterocycles. The highest BCUT2D eigenvalue weighted by molar-refractivity contribution is 5.02. The van der Waals surface area contributed by atoms with Crippen LogP contribution in [0, 0.1) is 5.92 Å². The van der Waals surface area contributed by atoms with Crippen molar-refractivity contribution in [3.63, 3.8) is 0 Å². The lowest BCUT2D eigenvalue weighted by Crippen LogP contribution is -2.44. The molecule has 1 N–H and O–H groups in total. The van der Waals surface area contributed by atoms with Gasteiger partial charge >= 0.3 is 0 Å². The van der Waals surface area contributed by atoms with E-state index in [1.807, 2.05) is 12.1 Å². The maximum absolute atomic E-state index is 5.87. The second kappa shape index (κ2) is 6.22. The second-order valence-corrected chi connectivity index (χ2v) is 4.95. The summed E-state index contributed by atoms with van der Waals surface area (Å²) in [4.78, 5) is 0. The largest absolute Gasteiger partial charge is 0.469 e. The van der Waals surface area contributed by atoms with Crippen LogP contribution in [0.5, 0.6) is 0 Å². The van der Waals surface area contributed by atoms with Crippen molar-refractivity contribution >= 4 is 0 Å². The molecule has 17 heavy (non-hydrogen) atoms. The van der Waals surface area contributed by atoms with Gasteiger partial charge in [-0.15, -0.1) is 0 Å². The molecular formula is C14H23NO2. The van der Waals surface area contributed by atoms with Gasteiger partial charge in [0.15, 0.2) is 0 Å². The van der Waals surface area contributed by atoms with Crippen molar-refractivity contribution in [3.8, 4) is 0 Å². The third kappa shape index (κ3) is 3.33. The summed E-state index contributed by atoms with van der Waals surface area (Å²) in [6.45, 7) is 6.41. The Balaban J connectivity index is 1.97. The summed E-state index contributed by atoms with van der Waals surface area (Å²) in [6, 6.07) is 4.37. The number of furan rings is 1. The van der Waals surface area contributed by atoms with Gasteiger partial charge in [-0.25, -0.2) is 0 Å². The molecule has 1 aliphatic heterocycles. The Bertz CT molecular complexity index is 310. The average molecular weight is 237 g/mol. The van der Waals surface area contributed by atoms with Crippen LogP contribution in [0.1, 0.15) is 32.4 Å². The molecule has 1 saturated heterocycles. The minimum Gasteiger partial charge on any atom is -0.469 e. The average Bonchev–Trinajstić information content (AvgIpc) is 2.95. The topological polar surface area (TPSA) is 34.4 Å². The summed E-state index contributed by atoms with van der Waals surface area (Å²) in [6.07, 6.45) is 5.31. The molecule has 96 valence electrons. The summed E-state index contributed by atoms with van der Waals surface area (Å²) < 4.78 is 11.3. The zero-order valence-corrected chi connectivity index (χ0v) is 10.8. The minimum absolute atomic E-state index is 0.326. The molecule has 1 aromatic rings. The quantitative estimate of drug-likeness (QED) is 0.826. The van der Waals surface area contributed by atoms with Gasteiger partial charge in [0.1, 0.15) is 5.76 Å². The first kappa shape index (κ1) is 12.7. The first-order valence-electron chi connectivity index (χ1n) is 6.68. The number of ether oxygens (including phenoxy) is 1. The maximum Gasteiger partial charge on any atom is 0.105 e. The first-order chi connectivity index (χ1) is 8.31. The van der Waals surface area contributed by atoms with Gasteiger partial charge in [-0.05, 0) is 37.4 Å². The molecular weight excluding hydrogens is 214 g/mol. The smallest absolute Gasteiger partial charge is 0.105 e. The molecule has 3 atom stereocenters. The lowest BCUT2D eigenvalue weighted by molar-refractivity contribution is 0.0594. The van der Waals surface area contributed by atoms with E-state index in [0.29, 0.717) is 18.1 Å². The SMILES string of the molecule is CCCNC(Cc1ccco1)C1OCCC1C. The molecule has 3 nitrogen and oxygen atoms in total. The fourth-order valence-corrected chi connectivity index (χ4v) is 2.51. The van der Waals surface area contributed by atoms with E-state index in [-0.39, 0.29) is 0 Å². The fraction of sp³-hybridized carbons (Fsp3) is 0.714. The zero-order chi connectivity index (χ0) is 12.1. The summed E-state index contributed by atoms with van der Waals surface area (Å²) in [5.41, 5.74) is 0. The molecule has 1 aliphatic rings. The molecule has 0 bridgehead atoms. The fourth-order valence-electron chi connectivity index (χ4n) is 2.51. The Morgan fingerprint density at radius 1 is 1.53 bits per heavy atom. The highest BCUT2D eigenvalue weighted by Crippen LogP contribution is 2.24. The summed E-state index contributed by atoms with van der Waals surface area (Å²) in [5, 5.41) is 3.60. The number of rotatable bonds is 6. The molecule has 0 amide bonds. The Morgan fingerprint density at radius 2 is 2.41 bits per heavy atom. The molecule has 0 radical (unpaired) electrons. The standard InChI is InChI=1S/C14H23NO2/c1-3-7-15-13(10-12-5-4-8-16-12)14-11(2)6-9-17-14/h4-5,8,11,13-15H,3,6-7,9-10H2,1-2H3. The molecule has 0 spiro atoms. The van der Waals surface area contributed by atoms with Crippen molar-refractivity contribution in [1.82, 2.24) is 5.32 Å². The Kier molecular flexibility index (Phi) is 4.63. The highest BCUT2D eigenvalue weighted by atomic mass is 16.5. The monoisotopic (exact) mass is 237 g/mol. The van der Waals surface area contributed by atoms with Crippen molar-refractivity contribution in [2.24, 2.45) is 5.92 Å². The normalized spacial score (nSPS) is 26.2. The van der Waals surface area contributed by atoms with Gasteiger partial charge in [-0.1, -0.05) is 13.8 Å². The van der Waals surface area contributed by atoms with E-state index in [4.69, 9.17) is 9.15 Å². The molecule has 0 aliphatic carbocycles. The van der Waals surface area contributed by atoms with E-state index < -0.39 is 0 Å². The molecule has 2 rings (SSSR count). The van der Waals surface area contributed by atoms with Crippen LogP contribution in [0.25, 0.3) is 0 Å². The number of hydrogen-bond acceptors (Lipinski definition) is 3. The molecule has 0 aromatic carbocycles. The van der Waals surface area contributed by atoms with Crippen LogP contribution in [0.15, 0.2) is 22.8 Å². The predicted molar refractivity (Wildman–Crippen MR) is 68.0 cm³/mol. The van der Waals surface area contributed by atoms with Crippen LogP contribution in [-0.2, 0) is 11.2 Å². The minimum atomic E-state index is 0.326. The first-order valence-corrected chi connectivity index (χ1v) is 6.68. The van der Waals surface area contributed by atoms with E-state index in [1.54, 1.807) is 6.26 Å².